The Balaban J connectivity index is 1.66. The molecule has 0 unspecified atom stereocenters. The molecule has 0 fully saturated rings. The van der Waals surface area contributed by atoms with E-state index < -0.39 is 0 Å². The van der Waals surface area contributed by atoms with Gasteiger partial charge in [0, 0.05) is 16.8 Å². The molecule has 0 aliphatic heterocycles. The molecule has 3 aromatic rings. The summed E-state index contributed by atoms with van der Waals surface area (Å²) in [5.74, 6) is -0.330. The first-order valence-electron chi connectivity index (χ1n) is 7.03. The van der Waals surface area contributed by atoms with Crippen molar-refractivity contribution in [1.29, 1.82) is 0 Å². The predicted molar refractivity (Wildman–Crippen MR) is 90.0 cm³/mol. The molecule has 1 N–H and O–H groups in total. The van der Waals surface area contributed by atoms with Crippen LogP contribution < -0.4 is 5.32 Å². The average molecular weight is 327 g/mol. The van der Waals surface area contributed by atoms with E-state index in [0.717, 1.165) is 16.6 Å². The highest BCUT2D eigenvalue weighted by Crippen LogP contribution is 2.20. The van der Waals surface area contributed by atoms with Crippen molar-refractivity contribution in [3.8, 4) is 0 Å². The predicted octanol–water partition coefficient (Wildman–Crippen LogP) is 3.81. The average Bonchev–Trinajstić information content (AvgIpc) is 2.55. The molecule has 23 heavy (non-hydrogen) atoms. The van der Waals surface area contributed by atoms with E-state index in [2.05, 4.69) is 15.3 Å². The monoisotopic (exact) mass is 327 g/mol. The maximum Gasteiger partial charge on any atom is 0.234 e. The van der Waals surface area contributed by atoms with Gasteiger partial charge in [-0.15, -0.1) is 0 Å². The van der Waals surface area contributed by atoms with Gasteiger partial charge in [-0.05, 0) is 37.3 Å². The van der Waals surface area contributed by atoms with Crippen molar-refractivity contribution in [2.45, 2.75) is 12.1 Å². The highest BCUT2D eigenvalue weighted by molar-refractivity contribution is 7.99. The van der Waals surface area contributed by atoms with Crippen molar-refractivity contribution >= 4 is 34.3 Å². The normalized spacial score (nSPS) is 10.7. The number of amides is 1. The Kier molecular flexibility index (Phi) is 4.52. The Bertz CT molecular complexity index is 852. The van der Waals surface area contributed by atoms with Crippen LogP contribution >= 0.6 is 11.8 Å². The number of hydrogen-bond donors (Lipinski definition) is 1. The molecule has 0 aliphatic carbocycles. The number of carbonyl (C=O) groups is 1. The lowest BCUT2D eigenvalue weighted by Gasteiger charge is -2.06. The standard InChI is InChI=1S/C17H14FN3OS/c1-11-14-4-2-3-5-15(14)21-17(19-11)23-10-16(22)20-13-8-6-12(18)7-9-13/h2-9H,10H2,1H3,(H,20,22). The quantitative estimate of drug-likeness (QED) is 0.585. The number of hydrogen-bond acceptors (Lipinski definition) is 4. The van der Waals surface area contributed by atoms with Crippen LogP contribution in [0.4, 0.5) is 10.1 Å². The summed E-state index contributed by atoms with van der Waals surface area (Å²) in [6.45, 7) is 1.92. The molecule has 0 atom stereocenters. The number of rotatable bonds is 4. The van der Waals surface area contributed by atoms with E-state index in [1.807, 2.05) is 31.2 Å². The molecule has 0 radical (unpaired) electrons. The Hall–Kier alpha value is -2.47. The summed E-state index contributed by atoms with van der Waals surface area (Å²) >= 11 is 1.27. The van der Waals surface area contributed by atoms with Crippen LogP contribution in [0.2, 0.25) is 0 Å². The van der Waals surface area contributed by atoms with Crippen LogP contribution in [0.15, 0.2) is 53.7 Å². The number of para-hydroxylation sites is 1. The minimum Gasteiger partial charge on any atom is -0.325 e. The highest BCUT2D eigenvalue weighted by Gasteiger charge is 2.08. The summed E-state index contributed by atoms with van der Waals surface area (Å²) in [6, 6.07) is 13.4. The van der Waals surface area contributed by atoms with Crippen molar-refractivity contribution in [2.75, 3.05) is 11.1 Å². The second kappa shape index (κ2) is 6.75. The maximum atomic E-state index is 12.8. The molecule has 6 heteroatoms. The lowest BCUT2D eigenvalue weighted by atomic mass is 10.2. The van der Waals surface area contributed by atoms with E-state index in [9.17, 15) is 9.18 Å². The number of thioether (sulfide) groups is 1. The first-order chi connectivity index (χ1) is 11.1. The van der Waals surface area contributed by atoms with Crippen LogP contribution in [0.5, 0.6) is 0 Å². The zero-order chi connectivity index (χ0) is 16.2. The number of nitrogens with zero attached hydrogens (tertiary/aromatic N) is 2. The third-order valence-electron chi connectivity index (χ3n) is 3.23. The molecule has 2 aromatic carbocycles. The molecule has 4 nitrogen and oxygen atoms in total. The Morgan fingerprint density at radius 1 is 1.13 bits per heavy atom. The molecule has 0 saturated carbocycles. The van der Waals surface area contributed by atoms with Crippen LogP contribution in [0.25, 0.3) is 10.9 Å². The Labute approximate surface area is 137 Å². The molecule has 116 valence electrons. The summed E-state index contributed by atoms with van der Waals surface area (Å²) in [7, 11) is 0. The summed E-state index contributed by atoms with van der Waals surface area (Å²) in [5, 5.41) is 4.28. The van der Waals surface area contributed by atoms with Gasteiger partial charge in [-0.25, -0.2) is 14.4 Å². The number of anilines is 1. The second-order valence-corrected chi connectivity index (χ2v) is 5.89. The molecule has 0 bridgehead atoms. The van der Waals surface area contributed by atoms with E-state index >= 15 is 0 Å². The minimum absolute atomic E-state index is 0.184. The van der Waals surface area contributed by atoms with E-state index in [1.165, 1.54) is 36.0 Å². The number of carbonyl (C=O) groups excluding carboxylic acids is 1. The fraction of sp³-hybridized carbons (Fsp3) is 0.118. The SMILES string of the molecule is Cc1nc(SCC(=O)Nc2ccc(F)cc2)nc2ccccc12. The molecule has 0 spiro atoms. The van der Waals surface area contributed by atoms with Gasteiger partial charge in [0.1, 0.15) is 5.82 Å². The number of aryl methyl sites for hydroxylation is 1. The van der Waals surface area contributed by atoms with Gasteiger partial charge in [0.25, 0.3) is 0 Å². The van der Waals surface area contributed by atoms with Gasteiger partial charge in [0.15, 0.2) is 5.16 Å². The van der Waals surface area contributed by atoms with Gasteiger partial charge in [-0.3, -0.25) is 4.79 Å². The Morgan fingerprint density at radius 3 is 2.65 bits per heavy atom. The van der Waals surface area contributed by atoms with Crippen molar-refractivity contribution < 1.29 is 9.18 Å². The molecule has 0 saturated heterocycles. The number of aromatic nitrogens is 2. The third kappa shape index (κ3) is 3.84. The van der Waals surface area contributed by atoms with E-state index in [-0.39, 0.29) is 17.5 Å². The molecule has 3 rings (SSSR count). The molecule has 0 aliphatic rings. The summed E-state index contributed by atoms with van der Waals surface area (Å²) in [6.07, 6.45) is 0. The van der Waals surface area contributed by atoms with Gasteiger partial charge in [0.05, 0.1) is 11.3 Å². The van der Waals surface area contributed by atoms with E-state index in [1.54, 1.807) is 0 Å². The summed E-state index contributed by atoms with van der Waals surface area (Å²) in [5.41, 5.74) is 2.31. The first kappa shape index (κ1) is 15.4. The second-order valence-electron chi connectivity index (χ2n) is 4.95. The largest absolute Gasteiger partial charge is 0.325 e. The minimum atomic E-state index is -0.336. The molecule has 1 amide bonds. The summed E-state index contributed by atoms with van der Waals surface area (Å²) < 4.78 is 12.8. The smallest absolute Gasteiger partial charge is 0.234 e. The zero-order valence-corrected chi connectivity index (χ0v) is 13.2. The molecule has 1 aromatic heterocycles. The number of halogens is 1. The van der Waals surface area contributed by atoms with E-state index in [0.29, 0.717) is 10.8 Å². The van der Waals surface area contributed by atoms with Crippen LogP contribution in [-0.2, 0) is 4.79 Å². The van der Waals surface area contributed by atoms with Crippen LogP contribution in [-0.4, -0.2) is 21.6 Å². The van der Waals surface area contributed by atoms with Crippen LogP contribution in [0.3, 0.4) is 0 Å². The third-order valence-corrected chi connectivity index (χ3v) is 4.08. The molecular weight excluding hydrogens is 313 g/mol. The van der Waals surface area contributed by atoms with Gasteiger partial charge < -0.3 is 5.32 Å². The van der Waals surface area contributed by atoms with Crippen molar-refractivity contribution in [2.24, 2.45) is 0 Å². The van der Waals surface area contributed by atoms with Gasteiger partial charge in [0.2, 0.25) is 5.91 Å². The lowest BCUT2D eigenvalue weighted by Crippen LogP contribution is -2.14. The topological polar surface area (TPSA) is 54.9 Å². The summed E-state index contributed by atoms with van der Waals surface area (Å²) in [4.78, 5) is 20.8. The number of nitrogens with one attached hydrogen (secondary N) is 1. The number of benzene rings is 2. The molecule has 1 heterocycles. The highest BCUT2D eigenvalue weighted by atomic mass is 32.2. The Morgan fingerprint density at radius 2 is 1.87 bits per heavy atom. The van der Waals surface area contributed by atoms with Crippen molar-refractivity contribution in [1.82, 2.24) is 9.97 Å². The van der Waals surface area contributed by atoms with Gasteiger partial charge in [-0.2, -0.15) is 0 Å². The lowest BCUT2D eigenvalue weighted by molar-refractivity contribution is -0.113. The zero-order valence-electron chi connectivity index (χ0n) is 12.4. The fourth-order valence-corrected chi connectivity index (χ4v) is 2.83. The van der Waals surface area contributed by atoms with Crippen LogP contribution in [0.1, 0.15) is 5.69 Å². The van der Waals surface area contributed by atoms with Crippen molar-refractivity contribution in [3.05, 3.63) is 60.0 Å². The van der Waals surface area contributed by atoms with Crippen molar-refractivity contribution in [3.63, 3.8) is 0 Å². The van der Waals surface area contributed by atoms with E-state index in [4.69, 9.17) is 0 Å². The van der Waals surface area contributed by atoms with Gasteiger partial charge >= 0.3 is 0 Å². The fourth-order valence-electron chi connectivity index (χ4n) is 2.13. The molecular formula is C17H14FN3OS. The first-order valence-corrected chi connectivity index (χ1v) is 8.02. The number of fused-ring (bicyclic) bond motifs is 1. The maximum absolute atomic E-state index is 12.8. The van der Waals surface area contributed by atoms with Gasteiger partial charge in [-0.1, -0.05) is 30.0 Å². The van der Waals surface area contributed by atoms with Crippen LogP contribution in [0, 0.1) is 12.7 Å².